The molecule has 0 amide bonds. The van der Waals surface area contributed by atoms with Crippen LogP contribution >= 0.6 is 0 Å². The molecule has 0 unspecified atom stereocenters. The fourth-order valence-electron chi connectivity index (χ4n) is 6.41. The highest BCUT2D eigenvalue weighted by atomic mass is 15.3. The Morgan fingerprint density at radius 2 is 1.03 bits per heavy atom. The van der Waals surface area contributed by atoms with E-state index in [2.05, 4.69) is 132 Å². The highest BCUT2D eigenvalue weighted by molar-refractivity contribution is 5.87. The highest BCUT2D eigenvalue weighted by Gasteiger charge is 2.29. The molecule has 0 aliphatic carbocycles. The minimum Gasteiger partial charge on any atom is -0.229 e. The lowest BCUT2D eigenvalue weighted by atomic mass is 9.90. The van der Waals surface area contributed by atoms with Crippen LogP contribution in [0.3, 0.4) is 0 Å². The predicted octanol–water partition coefficient (Wildman–Crippen LogP) is 8.68. The van der Waals surface area contributed by atoms with Gasteiger partial charge in [0.1, 0.15) is 24.5 Å². The van der Waals surface area contributed by atoms with E-state index in [4.69, 9.17) is 0 Å². The van der Waals surface area contributed by atoms with Crippen molar-refractivity contribution in [2.24, 2.45) is 0 Å². The molecule has 1 aliphatic rings. The van der Waals surface area contributed by atoms with Crippen molar-refractivity contribution in [3.05, 3.63) is 105 Å². The first-order chi connectivity index (χ1) is 17.7. The van der Waals surface area contributed by atoms with Crippen LogP contribution in [0.2, 0.25) is 0 Å². The predicted molar refractivity (Wildman–Crippen MR) is 160 cm³/mol. The minimum absolute atomic E-state index is 0.977. The van der Waals surface area contributed by atoms with Crippen molar-refractivity contribution < 1.29 is 4.58 Å². The Morgan fingerprint density at radius 3 is 1.57 bits per heavy atom. The Labute approximate surface area is 222 Å². The maximum absolute atomic E-state index is 2.46. The average molecular weight is 488 g/mol. The second-order valence-electron chi connectivity index (χ2n) is 10.8. The third-order valence-electron chi connectivity index (χ3n) is 8.20. The van der Waals surface area contributed by atoms with Gasteiger partial charge in [-0.3, -0.25) is 0 Å². The first-order valence-corrected chi connectivity index (χ1v) is 13.4. The number of benzene rings is 4. The molecule has 1 heterocycles. The molecule has 0 fully saturated rings. The fraction of sp³-hybridized carbons (Fsp3) is 0.286. The van der Waals surface area contributed by atoms with Gasteiger partial charge < -0.3 is 0 Å². The molecule has 0 atom stereocenters. The summed E-state index contributed by atoms with van der Waals surface area (Å²) in [5.74, 6) is 0. The van der Waals surface area contributed by atoms with Crippen molar-refractivity contribution in [3.8, 4) is 22.3 Å². The van der Waals surface area contributed by atoms with E-state index in [-0.39, 0.29) is 0 Å². The van der Waals surface area contributed by atoms with Crippen LogP contribution in [0.25, 0.3) is 22.3 Å². The summed E-state index contributed by atoms with van der Waals surface area (Å²) in [5, 5.41) is 0. The van der Waals surface area contributed by atoms with Gasteiger partial charge in [-0.05, 0) is 111 Å². The van der Waals surface area contributed by atoms with E-state index in [1.54, 1.807) is 0 Å². The van der Waals surface area contributed by atoms with Gasteiger partial charge in [0.15, 0.2) is 0 Å². The number of hydrogen-bond acceptors (Lipinski definition) is 1. The van der Waals surface area contributed by atoms with Crippen LogP contribution in [0.1, 0.15) is 44.5 Å². The lowest BCUT2D eigenvalue weighted by Crippen LogP contribution is -2.20. The van der Waals surface area contributed by atoms with Gasteiger partial charge in [-0.15, -0.1) is 0 Å². The largest absolute Gasteiger partial charge is 0.244 e. The molecule has 5 rings (SSSR count). The Kier molecular flexibility index (Phi) is 6.54. The summed E-state index contributed by atoms with van der Waals surface area (Å²) in [4.78, 5) is 2.46. The first kappa shape index (κ1) is 25.0. The van der Waals surface area contributed by atoms with Crippen LogP contribution in [0.4, 0.5) is 11.4 Å². The van der Waals surface area contributed by atoms with Gasteiger partial charge in [0.05, 0.1) is 0 Å². The summed E-state index contributed by atoms with van der Waals surface area (Å²) in [6.45, 7) is 19.9. The number of hydrogen-bond donors (Lipinski definition) is 0. The lowest BCUT2D eigenvalue weighted by molar-refractivity contribution is -0.425. The Bertz CT molecular complexity index is 1510. The van der Waals surface area contributed by atoms with Gasteiger partial charge in [-0.1, -0.05) is 60.7 Å². The van der Waals surface area contributed by atoms with Crippen LogP contribution in [0.15, 0.2) is 60.7 Å². The molecule has 188 valence electrons. The second-order valence-corrected chi connectivity index (χ2v) is 10.8. The van der Waals surface area contributed by atoms with Crippen LogP contribution in [0.5, 0.6) is 0 Å². The SMILES string of the molecule is Cc1cccc(C)c1-c1ccc(C)c(N2C=[N+](c3c(C)ccc(-c4c(C)cccc4C)c3C)CC2)c1C. The van der Waals surface area contributed by atoms with Crippen molar-refractivity contribution in [2.75, 3.05) is 18.0 Å². The van der Waals surface area contributed by atoms with Gasteiger partial charge in [0, 0.05) is 11.1 Å². The zero-order valence-corrected chi connectivity index (χ0v) is 23.7. The van der Waals surface area contributed by atoms with Crippen LogP contribution < -0.4 is 4.90 Å². The molecule has 0 saturated heterocycles. The molecule has 0 aromatic heterocycles. The van der Waals surface area contributed by atoms with E-state index < -0.39 is 0 Å². The third-order valence-corrected chi connectivity index (χ3v) is 8.20. The first-order valence-electron chi connectivity index (χ1n) is 13.4. The summed E-state index contributed by atoms with van der Waals surface area (Å²) in [6.07, 6.45) is 2.34. The standard InChI is InChI=1S/C35H39N2/c1-22-11-9-12-23(2)32(22)30-17-15-26(5)34(28(30)7)36-19-20-37(21-36)35-27(6)16-18-31(29(35)8)33-24(3)13-10-14-25(33)4/h9-18,21H,19-20H2,1-8H3/q+1. The van der Waals surface area contributed by atoms with E-state index in [1.807, 2.05) is 0 Å². The zero-order chi connectivity index (χ0) is 26.4. The molecule has 0 N–H and O–H groups in total. The van der Waals surface area contributed by atoms with Crippen LogP contribution in [-0.4, -0.2) is 24.0 Å². The van der Waals surface area contributed by atoms with Gasteiger partial charge in [0.25, 0.3) is 0 Å². The quantitative estimate of drug-likeness (QED) is 0.261. The Hall–Kier alpha value is -3.65. The molecule has 0 bridgehead atoms. The topological polar surface area (TPSA) is 6.25 Å². The number of rotatable bonds is 4. The van der Waals surface area contributed by atoms with E-state index in [9.17, 15) is 0 Å². The number of anilines is 1. The minimum atomic E-state index is 0.977. The summed E-state index contributed by atoms with van der Waals surface area (Å²) in [7, 11) is 0. The molecule has 37 heavy (non-hydrogen) atoms. The lowest BCUT2D eigenvalue weighted by Gasteiger charge is -2.19. The number of aryl methyl sites for hydroxylation is 6. The molecule has 4 aromatic rings. The molecule has 0 saturated carbocycles. The summed E-state index contributed by atoms with van der Waals surface area (Å²) < 4.78 is 2.46. The van der Waals surface area contributed by atoms with Gasteiger partial charge >= 0.3 is 0 Å². The van der Waals surface area contributed by atoms with Crippen LogP contribution in [0, 0.1) is 55.4 Å². The third kappa shape index (κ3) is 4.29. The molecular weight excluding hydrogens is 448 g/mol. The van der Waals surface area contributed by atoms with Crippen molar-refractivity contribution in [1.82, 2.24) is 0 Å². The molecule has 0 spiro atoms. The van der Waals surface area contributed by atoms with Gasteiger partial charge in [-0.25, -0.2) is 9.48 Å². The van der Waals surface area contributed by atoms with Crippen molar-refractivity contribution >= 4 is 17.7 Å². The summed E-state index contributed by atoms with van der Waals surface area (Å²) in [5.41, 5.74) is 18.8. The van der Waals surface area contributed by atoms with Crippen molar-refractivity contribution in [1.29, 1.82) is 0 Å². The zero-order valence-electron chi connectivity index (χ0n) is 23.7. The maximum atomic E-state index is 2.46. The fourth-order valence-corrected chi connectivity index (χ4v) is 6.41. The Morgan fingerprint density at radius 1 is 0.541 bits per heavy atom. The molecule has 2 nitrogen and oxygen atoms in total. The van der Waals surface area contributed by atoms with E-state index in [0.29, 0.717) is 0 Å². The monoisotopic (exact) mass is 487 g/mol. The highest BCUT2D eigenvalue weighted by Crippen LogP contribution is 2.39. The normalized spacial score (nSPS) is 13.3. The van der Waals surface area contributed by atoms with Crippen molar-refractivity contribution in [2.45, 2.75) is 55.4 Å². The van der Waals surface area contributed by atoms with E-state index in [1.165, 1.54) is 78.1 Å². The average Bonchev–Trinajstić information content (AvgIpc) is 3.31. The molecule has 2 heteroatoms. The molecular formula is C35H39N2+. The van der Waals surface area contributed by atoms with Gasteiger partial charge in [0.2, 0.25) is 6.34 Å². The van der Waals surface area contributed by atoms with Crippen molar-refractivity contribution in [3.63, 3.8) is 0 Å². The summed E-state index contributed by atoms with van der Waals surface area (Å²) in [6, 6.07) is 22.4. The molecule has 1 aliphatic heterocycles. The second kappa shape index (κ2) is 9.67. The molecule has 4 aromatic carbocycles. The van der Waals surface area contributed by atoms with Gasteiger partial charge in [-0.2, -0.15) is 0 Å². The maximum Gasteiger partial charge on any atom is 0.244 e. The summed E-state index contributed by atoms with van der Waals surface area (Å²) >= 11 is 0. The van der Waals surface area contributed by atoms with E-state index >= 15 is 0 Å². The Balaban J connectivity index is 1.61. The smallest absolute Gasteiger partial charge is 0.229 e. The number of nitrogens with zero attached hydrogens (tertiary/aromatic N) is 2. The van der Waals surface area contributed by atoms with Crippen LogP contribution in [-0.2, 0) is 0 Å². The van der Waals surface area contributed by atoms with E-state index in [0.717, 1.165) is 13.1 Å². The molecule has 0 radical (unpaired) electrons.